The highest BCUT2D eigenvalue weighted by molar-refractivity contribution is 5.78. The molecule has 0 radical (unpaired) electrons. The van der Waals surface area contributed by atoms with Crippen molar-refractivity contribution in [2.45, 2.75) is 85.2 Å². The standard InChI is InChI=1S/C22H29NO3.C6H12O/c1-4-17(3)10-6-9-13-22(24)26-20-12-8-7-11-19(20)18-14-15-23-21(16-18)25-5-2;1-6-4-2-3-5-7-6/h7-8,11-12,14-17H,4-6,9-10,13H2,1-3H3;6H,2-5H2,1H3. The van der Waals surface area contributed by atoms with E-state index in [0.717, 1.165) is 42.9 Å². The molecule has 1 aliphatic heterocycles. The molecule has 0 aliphatic carbocycles. The Morgan fingerprint density at radius 1 is 1.18 bits per heavy atom. The van der Waals surface area contributed by atoms with Crippen molar-refractivity contribution in [3.63, 3.8) is 0 Å². The van der Waals surface area contributed by atoms with E-state index in [4.69, 9.17) is 14.2 Å². The molecule has 182 valence electrons. The summed E-state index contributed by atoms with van der Waals surface area (Å²) in [4.78, 5) is 16.4. The van der Waals surface area contributed by atoms with Gasteiger partial charge in [0.05, 0.1) is 12.7 Å². The lowest BCUT2D eigenvalue weighted by Gasteiger charge is -2.17. The number of esters is 1. The van der Waals surface area contributed by atoms with Crippen molar-refractivity contribution < 1.29 is 19.0 Å². The quantitative estimate of drug-likeness (QED) is 0.215. The highest BCUT2D eigenvalue weighted by atomic mass is 16.5. The summed E-state index contributed by atoms with van der Waals surface area (Å²) in [5.74, 6) is 1.68. The molecule has 2 atom stereocenters. The average Bonchev–Trinajstić information content (AvgIpc) is 2.83. The van der Waals surface area contributed by atoms with E-state index in [1.54, 1.807) is 6.20 Å². The number of hydrogen-bond acceptors (Lipinski definition) is 5. The van der Waals surface area contributed by atoms with Crippen LogP contribution in [-0.4, -0.2) is 30.3 Å². The summed E-state index contributed by atoms with van der Waals surface area (Å²) in [7, 11) is 0. The Hall–Kier alpha value is -2.40. The Labute approximate surface area is 199 Å². The summed E-state index contributed by atoms with van der Waals surface area (Å²) in [6.45, 7) is 10.1. The van der Waals surface area contributed by atoms with E-state index in [9.17, 15) is 4.79 Å². The van der Waals surface area contributed by atoms with Crippen molar-refractivity contribution in [1.29, 1.82) is 0 Å². The van der Waals surface area contributed by atoms with E-state index in [0.29, 0.717) is 30.8 Å². The number of unbranched alkanes of at least 4 members (excludes halogenated alkanes) is 1. The second-order valence-electron chi connectivity index (χ2n) is 8.72. The highest BCUT2D eigenvalue weighted by Gasteiger charge is 2.12. The number of nitrogens with zero attached hydrogens (tertiary/aromatic N) is 1. The van der Waals surface area contributed by atoms with Gasteiger partial charge in [-0.2, -0.15) is 0 Å². The molecule has 1 aromatic heterocycles. The van der Waals surface area contributed by atoms with Gasteiger partial charge in [0.1, 0.15) is 5.75 Å². The largest absolute Gasteiger partial charge is 0.478 e. The Balaban J connectivity index is 0.000000468. The third-order valence-corrected chi connectivity index (χ3v) is 5.88. The van der Waals surface area contributed by atoms with Crippen LogP contribution in [0, 0.1) is 5.92 Å². The summed E-state index contributed by atoms with van der Waals surface area (Å²) >= 11 is 0. The number of carbonyl (C=O) groups excluding carboxylic acids is 1. The average molecular weight is 456 g/mol. The lowest BCUT2D eigenvalue weighted by molar-refractivity contribution is -0.134. The maximum absolute atomic E-state index is 12.2. The summed E-state index contributed by atoms with van der Waals surface area (Å²) in [6.07, 6.45) is 10.9. The number of carbonyl (C=O) groups is 1. The molecule has 1 fully saturated rings. The summed E-state index contributed by atoms with van der Waals surface area (Å²) in [6, 6.07) is 11.3. The van der Waals surface area contributed by atoms with Gasteiger partial charge in [0.25, 0.3) is 0 Å². The molecule has 0 bridgehead atoms. The minimum atomic E-state index is -0.180. The number of para-hydroxylation sites is 1. The molecule has 5 nitrogen and oxygen atoms in total. The zero-order valence-electron chi connectivity index (χ0n) is 20.8. The molecule has 5 heteroatoms. The molecule has 33 heavy (non-hydrogen) atoms. The molecule has 2 heterocycles. The normalized spacial score (nSPS) is 16.3. The van der Waals surface area contributed by atoms with Crippen LogP contribution in [0.25, 0.3) is 11.1 Å². The number of ether oxygens (including phenoxy) is 3. The minimum absolute atomic E-state index is 0.180. The minimum Gasteiger partial charge on any atom is -0.478 e. The molecule has 3 rings (SSSR count). The summed E-state index contributed by atoms with van der Waals surface area (Å²) < 4.78 is 16.4. The zero-order chi connectivity index (χ0) is 23.9. The van der Waals surface area contributed by atoms with E-state index in [1.165, 1.54) is 25.7 Å². The first kappa shape index (κ1) is 26.8. The Morgan fingerprint density at radius 3 is 2.67 bits per heavy atom. The van der Waals surface area contributed by atoms with Crippen LogP contribution in [0.4, 0.5) is 0 Å². The number of hydrogen-bond donors (Lipinski definition) is 0. The maximum atomic E-state index is 12.2. The van der Waals surface area contributed by atoms with Gasteiger partial charge in [0.2, 0.25) is 5.88 Å². The van der Waals surface area contributed by atoms with Gasteiger partial charge in [0.15, 0.2) is 0 Å². The van der Waals surface area contributed by atoms with Crippen molar-refractivity contribution in [2.75, 3.05) is 13.2 Å². The van der Waals surface area contributed by atoms with Gasteiger partial charge in [-0.15, -0.1) is 0 Å². The van der Waals surface area contributed by atoms with Gasteiger partial charge in [0, 0.05) is 30.9 Å². The number of aromatic nitrogens is 1. The number of pyridine rings is 1. The zero-order valence-corrected chi connectivity index (χ0v) is 20.8. The van der Waals surface area contributed by atoms with E-state index in [-0.39, 0.29) is 5.97 Å². The van der Waals surface area contributed by atoms with E-state index in [2.05, 4.69) is 25.8 Å². The predicted molar refractivity (Wildman–Crippen MR) is 134 cm³/mol. The molecular formula is C28H41NO4. The topological polar surface area (TPSA) is 57.7 Å². The van der Waals surface area contributed by atoms with Gasteiger partial charge in [-0.1, -0.05) is 51.3 Å². The molecule has 0 amide bonds. The lowest BCUT2D eigenvalue weighted by atomic mass is 10.0. The fourth-order valence-electron chi connectivity index (χ4n) is 3.64. The summed E-state index contributed by atoms with van der Waals surface area (Å²) in [5.41, 5.74) is 1.78. The van der Waals surface area contributed by atoms with Crippen LogP contribution < -0.4 is 9.47 Å². The summed E-state index contributed by atoms with van der Waals surface area (Å²) in [5, 5.41) is 0. The predicted octanol–water partition coefficient (Wildman–Crippen LogP) is 7.23. The number of benzene rings is 1. The molecule has 0 saturated carbocycles. The molecular weight excluding hydrogens is 414 g/mol. The Morgan fingerprint density at radius 2 is 2.00 bits per heavy atom. The molecule has 0 spiro atoms. The van der Waals surface area contributed by atoms with Crippen LogP contribution in [-0.2, 0) is 9.53 Å². The smallest absolute Gasteiger partial charge is 0.311 e. The van der Waals surface area contributed by atoms with Crippen LogP contribution >= 0.6 is 0 Å². The van der Waals surface area contributed by atoms with Crippen LogP contribution in [0.5, 0.6) is 11.6 Å². The molecule has 2 unspecified atom stereocenters. The van der Waals surface area contributed by atoms with Crippen LogP contribution in [0.3, 0.4) is 0 Å². The highest BCUT2D eigenvalue weighted by Crippen LogP contribution is 2.31. The third kappa shape index (κ3) is 10.4. The van der Waals surface area contributed by atoms with Gasteiger partial charge < -0.3 is 14.2 Å². The second-order valence-corrected chi connectivity index (χ2v) is 8.72. The van der Waals surface area contributed by atoms with Crippen LogP contribution in [0.1, 0.15) is 79.1 Å². The molecule has 0 N–H and O–H groups in total. The molecule has 1 aromatic carbocycles. The van der Waals surface area contributed by atoms with E-state index >= 15 is 0 Å². The van der Waals surface area contributed by atoms with Crippen LogP contribution in [0.15, 0.2) is 42.6 Å². The van der Waals surface area contributed by atoms with Gasteiger partial charge >= 0.3 is 5.97 Å². The molecule has 1 saturated heterocycles. The monoisotopic (exact) mass is 455 g/mol. The van der Waals surface area contributed by atoms with E-state index < -0.39 is 0 Å². The van der Waals surface area contributed by atoms with Gasteiger partial charge in [-0.25, -0.2) is 4.98 Å². The van der Waals surface area contributed by atoms with E-state index in [1.807, 2.05) is 43.3 Å². The molecule has 2 aromatic rings. The fraction of sp³-hybridized carbons (Fsp3) is 0.571. The lowest BCUT2D eigenvalue weighted by Crippen LogP contribution is -2.14. The van der Waals surface area contributed by atoms with Gasteiger partial charge in [-0.05, 0) is 63.1 Å². The van der Waals surface area contributed by atoms with Crippen molar-refractivity contribution in [3.05, 3.63) is 42.6 Å². The third-order valence-electron chi connectivity index (χ3n) is 5.88. The van der Waals surface area contributed by atoms with Crippen molar-refractivity contribution in [1.82, 2.24) is 4.98 Å². The van der Waals surface area contributed by atoms with Crippen molar-refractivity contribution >= 4 is 5.97 Å². The SMILES string of the molecule is CC1CCCCO1.CCOc1cc(-c2ccccc2OC(=O)CCCCC(C)CC)ccn1. The van der Waals surface area contributed by atoms with Crippen molar-refractivity contribution in [2.24, 2.45) is 5.92 Å². The first-order valence-corrected chi connectivity index (χ1v) is 12.5. The first-order valence-electron chi connectivity index (χ1n) is 12.5. The maximum Gasteiger partial charge on any atom is 0.311 e. The first-order chi connectivity index (χ1) is 16.0. The second kappa shape index (κ2) is 15.4. The number of rotatable bonds is 10. The van der Waals surface area contributed by atoms with Gasteiger partial charge in [-0.3, -0.25) is 4.79 Å². The van der Waals surface area contributed by atoms with Crippen LogP contribution in [0.2, 0.25) is 0 Å². The van der Waals surface area contributed by atoms with Crippen molar-refractivity contribution in [3.8, 4) is 22.8 Å². The Bertz CT molecular complexity index is 817. The molecule has 1 aliphatic rings. The Kier molecular flexibility index (Phi) is 12.6. The fourth-order valence-corrected chi connectivity index (χ4v) is 3.64.